The molecule has 0 aliphatic carbocycles. The zero-order valence-corrected chi connectivity index (χ0v) is 11.9. The van der Waals surface area contributed by atoms with Crippen LogP contribution >= 0.6 is 12.6 Å². The average molecular weight is 281 g/mol. The van der Waals surface area contributed by atoms with Crippen LogP contribution in [0, 0.1) is 5.82 Å². The molecule has 0 saturated carbocycles. The van der Waals surface area contributed by atoms with Crippen LogP contribution in [0.4, 0.5) is 4.39 Å². The summed E-state index contributed by atoms with van der Waals surface area (Å²) in [6.45, 7) is 0. The van der Waals surface area contributed by atoms with Crippen LogP contribution in [0.1, 0.15) is 0 Å². The minimum absolute atomic E-state index is 0.269. The van der Waals surface area contributed by atoms with E-state index >= 15 is 0 Å². The molecule has 102 valence electrons. The van der Waals surface area contributed by atoms with Gasteiger partial charge in [0.05, 0.1) is 14.2 Å². The Morgan fingerprint density at radius 1 is 1.05 bits per heavy atom. The first kappa shape index (κ1) is 15.3. The highest BCUT2D eigenvalue weighted by Gasteiger charge is 2.08. The largest absolute Gasteiger partial charge is 0.496 e. The molecule has 1 aromatic carbocycles. The molecule has 0 aliphatic rings. The molecule has 3 nitrogen and oxygen atoms in total. The Balaban J connectivity index is 0.000000861. The van der Waals surface area contributed by atoms with Crippen molar-refractivity contribution in [1.29, 1.82) is 0 Å². The average Bonchev–Trinajstić information content (AvgIpc) is 2.49. The van der Waals surface area contributed by atoms with Crippen LogP contribution < -0.4 is 9.47 Å². The van der Waals surface area contributed by atoms with E-state index in [2.05, 4.69) is 17.6 Å². The molecule has 5 heteroatoms. The lowest BCUT2D eigenvalue weighted by Gasteiger charge is -2.09. The fourth-order valence-electron chi connectivity index (χ4n) is 1.55. The number of hydrogen-bond donors (Lipinski definition) is 1. The van der Waals surface area contributed by atoms with Gasteiger partial charge < -0.3 is 9.47 Å². The summed E-state index contributed by atoms with van der Waals surface area (Å²) in [4.78, 5) is 4.11. The van der Waals surface area contributed by atoms with Crippen LogP contribution in [0.15, 0.2) is 36.5 Å². The highest BCUT2D eigenvalue weighted by atomic mass is 32.1. The summed E-state index contributed by atoms with van der Waals surface area (Å²) in [6, 6.07) is 7.86. The lowest BCUT2D eigenvalue weighted by molar-refractivity contribution is 0.383. The van der Waals surface area contributed by atoms with Gasteiger partial charge in [0.15, 0.2) is 0 Å². The van der Waals surface area contributed by atoms with Crippen molar-refractivity contribution in [3.8, 4) is 22.8 Å². The molecule has 0 N–H and O–H groups in total. The predicted molar refractivity (Wildman–Crippen MR) is 77.6 cm³/mol. The zero-order chi connectivity index (χ0) is 14.3. The van der Waals surface area contributed by atoms with Crippen LogP contribution in [0.3, 0.4) is 0 Å². The smallest absolute Gasteiger partial charge is 0.216 e. The Morgan fingerprint density at radius 3 is 2.21 bits per heavy atom. The first-order valence-electron chi connectivity index (χ1n) is 5.53. The van der Waals surface area contributed by atoms with Gasteiger partial charge in [-0.05, 0) is 24.0 Å². The number of ether oxygens (including phenoxy) is 2. The van der Waals surface area contributed by atoms with E-state index in [-0.39, 0.29) is 5.82 Å². The maximum Gasteiger partial charge on any atom is 0.216 e. The van der Waals surface area contributed by atoms with Gasteiger partial charge in [-0.1, -0.05) is 12.1 Å². The first-order valence-corrected chi connectivity index (χ1v) is 6.42. The van der Waals surface area contributed by atoms with Crippen LogP contribution in [0.25, 0.3) is 11.1 Å². The highest BCUT2D eigenvalue weighted by molar-refractivity contribution is 7.79. The first-order chi connectivity index (χ1) is 9.24. The summed E-state index contributed by atoms with van der Waals surface area (Å²) in [5, 5.41) is 0. The second kappa shape index (κ2) is 7.63. The fraction of sp³-hybridized carbons (Fsp3) is 0.214. The highest BCUT2D eigenvalue weighted by Crippen LogP contribution is 2.31. The number of halogens is 1. The molecule has 2 rings (SSSR count). The third kappa shape index (κ3) is 3.86. The van der Waals surface area contributed by atoms with E-state index in [0.717, 1.165) is 11.1 Å². The molecule has 0 fully saturated rings. The Bertz CT molecular complexity index is 517. The number of rotatable bonds is 3. The van der Waals surface area contributed by atoms with E-state index in [1.165, 1.54) is 12.1 Å². The second-order valence-corrected chi connectivity index (χ2v) is 3.43. The van der Waals surface area contributed by atoms with Gasteiger partial charge in [0.25, 0.3) is 0 Å². The molecule has 0 radical (unpaired) electrons. The Hall–Kier alpha value is -1.75. The van der Waals surface area contributed by atoms with Gasteiger partial charge in [-0.2, -0.15) is 12.6 Å². The van der Waals surface area contributed by atoms with E-state index in [9.17, 15) is 4.39 Å². The number of pyridine rings is 1. The van der Waals surface area contributed by atoms with E-state index in [1.807, 2.05) is 0 Å². The molecule has 0 atom stereocenters. The van der Waals surface area contributed by atoms with Crippen molar-refractivity contribution < 1.29 is 13.9 Å². The summed E-state index contributed by atoms with van der Waals surface area (Å²) in [6.07, 6.45) is 3.34. The van der Waals surface area contributed by atoms with Crippen molar-refractivity contribution in [2.24, 2.45) is 0 Å². The minimum atomic E-state index is -0.269. The van der Waals surface area contributed by atoms with Crippen molar-refractivity contribution in [3.63, 3.8) is 0 Å². The second-order valence-electron chi connectivity index (χ2n) is 3.43. The molecule has 0 spiro atoms. The maximum absolute atomic E-state index is 12.8. The number of benzene rings is 1. The quantitative estimate of drug-likeness (QED) is 0.874. The SMILES string of the molecule is COc1cc(OC)c(-c2ccc(F)cc2)cn1.CS. The van der Waals surface area contributed by atoms with Crippen LogP contribution in [-0.2, 0) is 0 Å². The Labute approximate surface area is 117 Å². The van der Waals surface area contributed by atoms with Gasteiger partial charge in [-0.3, -0.25) is 0 Å². The maximum atomic E-state index is 12.8. The normalized spacial score (nSPS) is 9.32. The van der Waals surface area contributed by atoms with E-state index < -0.39 is 0 Å². The molecule has 2 aromatic rings. The van der Waals surface area contributed by atoms with Crippen molar-refractivity contribution in [3.05, 3.63) is 42.3 Å². The third-order valence-corrected chi connectivity index (χ3v) is 2.43. The Morgan fingerprint density at radius 2 is 1.68 bits per heavy atom. The Kier molecular flexibility index (Phi) is 6.15. The van der Waals surface area contributed by atoms with Gasteiger partial charge >= 0.3 is 0 Å². The monoisotopic (exact) mass is 281 g/mol. The van der Waals surface area contributed by atoms with Gasteiger partial charge in [0.1, 0.15) is 11.6 Å². The van der Waals surface area contributed by atoms with E-state index in [4.69, 9.17) is 9.47 Å². The summed E-state index contributed by atoms with van der Waals surface area (Å²) < 4.78 is 23.1. The molecule has 0 bridgehead atoms. The lowest BCUT2D eigenvalue weighted by atomic mass is 10.1. The van der Waals surface area contributed by atoms with Crippen LogP contribution in [0.5, 0.6) is 11.6 Å². The molecule has 0 unspecified atom stereocenters. The van der Waals surface area contributed by atoms with E-state index in [0.29, 0.717) is 11.6 Å². The van der Waals surface area contributed by atoms with Gasteiger partial charge in [0.2, 0.25) is 5.88 Å². The topological polar surface area (TPSA) is 31.4 Å². The minimum Gasteiger partial charge on any atom is -0.496 e. The van der Waals surface area contributed by atoms with Gasteiger partial charge in [-0.15, -0.1) is 0 Å². The van der Waals surface area contributed by atoms with Gasteiger partial charge in [-0.25, -0.2) is 9.37 Å². The number of hydrogen-bond acceptors (Lipinski definition) is 4. The van der Waals surface area contributed by atoms with Crippen molar-refractivity contribution in [1.82, 2.24) is 4.98 Å². The zero-order valence-electron chi connectivity index (χ0n) is 11.1. The van der Waals surface area contributed by atoms with Crippen LogP contribution in [0.2, 0.25) is 0 Å². The molecule has 1 aromatic heterocycles. The molecular formula is C14H16FNO2S. The molecule has 0 amide bonds. The van der Waals surface area contributed by atoms with Gasteiger partial charge in [0, 0.05) is 17.8 Å². The van der Waals surface area contributed by atoms with Crippen molar-refractivity contribution in [2.75, 3.05) is 20.5 Å². The molecule has 1 heterocycles. The number of methoxy groups -OCH3 is 2. The third-order valence-electron chi connectivity index (χ3n) is 2.43. The molecule has 0 aliphatic heterocycles. The summed E-state index contributed by atoms with van der Waals surface area (Å²) in [5.41, 5.74) is 1.65. The van der Waals surface area contributed by atoms with Crippen LogP contribution in [-0.4, -0.2) is 25.5 Å². The summed E-state index contributed by atoms with van der Waals surface area (Å²) in [5.74, 6) is 0.852. The molecule has 19 heavy (non-hydrogen) atoms. The predicted octanol–water partition coefficient (Wildman–Crippen LogP) is 3.45. The standard InChI is InChI=1S/C13H12FNO2.CH4S/c1-16-12-7-13(17-2)15-8-11(12)9-3-5-10(14)6-4-9;1-2/h3-8H,1-2H3;2H,1H3. The molecular weight excluding hydrogens is 265 g/mol. The lowest BCUT2D eigenvalue weighted by Crippen LogP contribution is -1.93. The fourth-order valence-corrected chi connectivity index (χ4v) is 1.55. The summed E-state index contributed by atoms with van der Waals surface area (Å²) in [7, 11) is 3.11. The number of thiol groups is 1. The number of nitrogens with zero attached hydrogens (tertiary/aromatic N) is 1. The van der Waals surface area contributed by atoms with E-state index in [1.54, 1.807) is 44.9 Å². The molecule has 0 saturated heterocycles. The summed E-state index contributed by atoms with van der Waals surface area (Å²) >= 11 is 3.53. The van der Waals surface area contributed by atoms with Crippen molar-refractivity contribution >= 4 is 12.6 Å². The van der Waals surface area contributed by atoms with Crippen molar-refractivity contribution in [2.45, 2.75) is 0 Å². The number of aromatic nitrogens is 1.